The first-order valence-electron chi connectivity index (χ1n) is 5.14. The van der Waals surface area contributed by atoms with E-state index in [-0.39, 0.29) is 0 Å². The standard InChI is InChI=1S/C10H21NOS/c1-11-9(7-12-2)8-13-10-5-3-4-6-10/h9-11H,3-8H2,1-2H3. The molecule has 0 spiro atoms. The Kier molecular flexibility index (Phi) is 5.83. The molecule has 0 radical (unpaired) electrons. The predicted molar refractivity (Wildman–Crippen MR) is 59.4 cm³/mol. The van der Waals surface area contributed by atoms with Crippen molar-refractivity contribution in [2.75, 3.05) is 26.5 Å². The van der Waals surface area contributed by atoms with E-state index in [0.717, 1.165) is 11.9 Å². The Bertz CT molecular complexity index is 126. The zero-order chi connectivity index (χ0) is 9.52. The van der Waals surface area contributed by atoms with Gasteiger partial charge in [0.05, 0.1) is 6.61 Å². The topological polar surface area (TPSA) is 21.3 Å². The lowest BCUT2D eigenvalue weighted by Gasteiger charge is -2.16. The average Bonchev–Trinajstić information content (AvgIpc) is 2.64. The normalized spacial score (nSPS) is 20.8. The summed E-state index contributed by atoms with van der Waals surface area (Å²) in [7, 11) is 3.78. The fourth-order valence-corrected chi connectivity index (χ4v) is 3.16. The first-order valence-corrected chi connectivity index (χ1v) is 6.19. The third-order valence-electron chi connectivity index (χ3n) is 2.61. The quantitative estimate of drug-likeness (QED) is 0.712. The van der Waals surface area contributed by atoms with Gasteiger partial charge in [-0.1, -0.05) is 12.8 Å². The number of methoxy groups -OCH3 is 1. The lowest BCUT2D eigenvalue weighted by molar-refractivity contribution is 0.177. The molecule has 1 aliphatic rings. The monoisotopic (exact) mass is 203 g/mol. The number of hydrogen-bond acceptors (Lipinski definition) is 3. The summed E-state index contributed by atoms with van der Waals surface area (Å²) in [5.41, 5.74) is 0. The van der Waals surface area contributed by atoms with Crippen LogP contribution in [0.3, 0.4) is 0 Å². The van der Waals surface area contributed by atoms with Gasteiger partial charge in [0.15, 0.2) is 0 Å². The third kappa shape index (κ3) is 4.34. The van der Waals surface area contributed by atoms with Gasteiger partial charge in [0, 0.05) is 24.2 Å². The molecule has 1 atom stereocenters. The van der Waals surface area contributed by atoms with Crippen molar-refractivity contribution in [1.82, 2.24) is 5.32 Å². The van der Waals surface area contributed by atoms with Crippen LogP contribution >= 0.6 is 11.8 Å². The van der Waals surface area contributed by atoms with Crippen LogP contribution in [-0.2, 0) is 4.74 Å². The maximum atomic E-state index is 5.13. The Balaban J connectivity index is 2.07. The summed E-state index contributed by atoms with van der Waals surface area (Å²) in [6.07, 6.45) is 5.72. The van der Waals surface area contributed by atoms with Crippen LogP contribution in [0.25, 0.3) is 0 Å². The lowest BCUT2D eigenvalue weighted by atomic mass is 10.4. The van der Waals surface area contributed by atoms with Crippen molar-refractivity contribution in [2.45, 2.75) is 37.0 Å². The van der Waals surface area contributed by atoms with Crippen molar-refractivity contribution in [3.63, 3.8) is 0 Å². The molecular weight excluding hydrogens is 182 g/mol. The molecule has 0 saturated heterocycles. The summed E-state index contributed by atoms with van der Waals surface area (Å²) in [5.74, 6) is 1.19. The van der Waals surface area contributed by atoms with Crippen molar-refractivity contribution in [3.8, 4) is 0 Å². The molecular formula is C10H21NOS. The van der Waals surface area contributed by atoms with E-state index in [4.69, 9.17) is 4.74 Å². The van der Waals surface area contributed by atoms with Crippen LogP contribution in [0.1, 0.15) is 25.7 Å². The van der Waals surface area contributed by atoms with E-state index in [2.05, 4.69) is 17.1 Å². The minimum Gasteiger partial charge on any atom is -0.383 e. The van der Waals surface area contributed by atoms with Crippen LogP contribution in [0.5, 0.6) is 0 Å². The number of hydrogen-bond donors (Lipinski definition) is 1. The van der Waals surface area contributed by atoms with E-state index in [1.807, 2.05) is 7.05 Å². The number of nitrogens with one attached hydrogen (secondary N) is 1. The van der Waals surface area contributed by atoms with Crippen molar-refractivity contribution >= 4 is 11.8 Å². The highest BCUT2D eigenvalue weighted by atomic mass is 32.2. The SMILES string of the molecule is CNC(COC)CSC1CCCC1. The molecule has 0 heterocycles. The maximum absolute atomic E-state index is 5.13. The van der Waals surface area contributed by atoms with Crippen LogP contribution in [0.2, 0.25) is 0 Å². The second-order valence-electron chi connectivity index (χ2n) is 3.68. The molecule has 0 bridgehead atoms. The molecule has 1 fully saturated rings. The van der Waals surface area contributed by atoms with E-state index in [1.54, 1.807) is 7.11 Å². The van der Waals surface area contributed by atoms with Gasteiger partial charge in [0.2, 0.25) is 0 Å². The summed E-state index contributed by atoms with van der Waals surface area (Å²) >= 11 is 2.11. The molecule has 0 amide bonds. The van der Waals surface area contributed by atoms with E-state index >= 15 is 0 Å². The fraction of sp³-hybridized carbons (Fsp3) is 1.00. The Hall–Kier alpha value is 0.270. The van der Waals surface area contributed by atoms with E-state index in [1.165, 1.54) is 31.4 Å². The van der Waals surface area contributed by atoms with Gasteiger partial charge < -0.3 is 10.1 Å². The smallest absolute Gasteiger partial charge is 0.0623 e. The molecule has 0 aromatic carbocycles. The first kappa shape index (κ1) is 11.3. The second kappa shape index (κ2) is 6.68. The number of thioether (sulfide) groups is 1. The predicted octanol–water partition coefficient (Wildman–Crippen LogP) is 1.90. The van der Waals surface area contributed by atoms with Crippen molar-refractivity contribution < 1.29 is 4.74 Å². The molecule has 0 aliphatic heterocycles. The van der Waals surface area contributed by atoms with Gasteiger partial charge in [-0.3, -0.25) is 0 Å². The van der Waals surface area contributed by atoms with Gasteiger partial charge in [-0.15, -0.1) is 0 Å². The molecule has 1 aliphatic carbocycles. The number of likely N-dealkylation sites (N-methyl/N-ethyl adjacent to an activating group) is 1. The van der Waals surface area contributed by atoms with Gasteiger partial charge in [-0.05, 0) is 19.9 Å². The molecule has 0 aromatic heterocycles. The summed E-state index contributed by atoms with van der Waals surface area (Å²) < 4.78 is 5.13. The molecule has 1 saturated carbocycles. The molecule has 78 valence electrons. The average molecular weight is 203 g/mol. The van der Waals surface area contributed by atoms with Crippen molar-refractivity contribution in [2.24, 2.45) is 0 Å². The highest BCUT2D eigenvalue weighted by Crippen LogP contribution is 2.29. The molecule has 3 heteroatoms. The Morgan fingerprint density at radius 3 is 2.69 bits per heavy atom. The molecule has 0 aromatic rings. The summed E-state index contributed by atoms with van der Waals surface area (Å²) in [6, 6.07) is 0.524. The third-order valence-corrected chi connectivity index (χ3v) is 4.15. The van der Waals surface area contributed by atoms with Crippen LogP contribution < -0.4 is 5.32 Å². The number of rotatable bonds is 6. The zero-order valence-corrected chi connectivity index (χ0v) is 9.53. The van der Waals surface area contributed by atoms with Crippen LogP contribution in [0.15, 0.2) is 0 Å². The number of ether oxygens (including phenoxy) is 1. The summed E-state index contributed by atoms with van der Waals surface area (Å²) in [6.45, 7) is 0.830. The second-order valence-corrected chi connectivity index (χ2v) is 5.01. The minimum absolute atomic E-state index is 0.524. The largest absolute Gasteiger partial charge is 0.383 e. The lowest BCUT2D eigenvalue weighted by Crippen LogP contribution is -2.32. The zero-order valence-electron chi connectivity index (χ0n) is 8.71. The van der Waals surface area contributed by atoms with Crippen LogP contribution in [-0.4, -0.2) is 37.8 Å². The molecule has 1 unspecified atom stereocenters. The molecule has 13 heavy (non-hydrogen) atoms. The Morgan fingerprint density at radius 2 is 2.15 bits per heavy atom. The molecule has 2 nitrogen and oxygen atoms in total. The molecule has 1 rings (SSSR count). The van der Waals surface area contributed by atoms with Gasteiger partial charge in [-0.25, -0.2) is 0 Å². The fourth-order valence-electron chi connectivity index (χ4n) is 1.72. The highest BCUT2D eigenvalue weighted by molar-refractivity contribution is 7.99. The summed E-state index contributed by atoms with van der Waals surface area (Å²) in [4.78, 5) is 0. The van der Waals surface area contributed by atoms with Gasteiger partial charge in [0.25, 0.3) is 0 Å². The van der Waals surface area contributed by atoms with E-state index < -0.39 is 0 Å². The van der Waals surface area contributed by atoms with E-state index in [0.29, 0.717) is 6.04 Å². The van der Waals surface area contributed by atoms with Gasteiger partial charge >= 0.3 is 0 Å². The molecule has 1 N–H and O–H groups in total. The first-order chi connectivity index (χ1) is 6.36. The maximum Gasteiger partial charge on any atom is 0.0623 e. The Labute approximate surface area is 85.8 Å². The summed E-state index contributed by atoms with van der Waals surface area (Å²) in [5, 5.41) is 4.20. The van der Waals surface area contributed by atoms with Gasteiger partial charge in [-0.2, -0.15) is 11.8 Å². The Morgan fingerprint density at radius 1 is 1.46 bits per heavy atom. The van der Waals surface area contributed by atoms with Gasteiger partial charge in [0.1, 0.15) is 0 Å². The highest BCUT2D eigenvalue weighted by Gasteiger charge is 2.16. The van der Waals surface area contributed by atoms with Crippen LogP contribution in [0.4, 0.5) is 0 Å². The minimum atomic E-state index is 0.524. The van der Waals surface area contributed by atoms with Crippen molar-refractivity contribution in [3.05, 3.63) is 0 Å². The van der Waals surface area contributed by atoms with Crippen LogP contribution in [0, 0.1) is 0 Å². The van der Waals surface area contributed by atoms with Crippen molar-refractivity contribution in [1.29, 1.82) is 0 Å². The van der Waals surface area contributed by atoms with E-state index in [9.17, 15) is 0 Å².